The zero-order valence-corrected chi connectivity index (χ0v) is 22.4. The van der Waals surface area contributed by atoms with Gasteiger partial charge in [-0.15, -0.1) is 0 Å². The third-order valence-electron chi connectivity index (χ3n) is 5.52. The van der Waals surface area contributed by atoms with Crippen molar-refractivity contribution in [3.63, 3.8) is 0 Å². The maximum Gasteiger partial charge on any atom is 0.433 e. The highest BCUT2D eigenvalue weighted by atomic mass is 31.2. The van der Waals surface area contributed by atoms with Crippen LogP contribution in [0.15, 0.2) is 121 Å². The van der Waals surface area contributed by atoms with E-state index in [0.717, 1.165) is 0 Å². The summed E-state index contributed by atoms with van der Waals surface area (Å²) in [4.78, 5) is 0. The predicted octanol–water partition coefficient (Wildman–Crippen LogP) is 8.86. The summed E-state index contributed by atoms with van der Waals surface area (Å²) < 4.78 is 51.4. The molecule has 192 valence electrons. The van der Waals surface area contributed by atoms with E-state index in [2.05, 4.69) is 0 Å². The SMILES string of the molecule is CC(CCCP(=O)(Oc1ccccc1)Oc1ccccc1)P(=O)(Oc1ccccc1)Oc1ccccc1. The van der Waals surface area contributed by atoms with Gasteiger partial charge >= 0.3 is 15.2 Å². The summed E-state index contributed by atoms with van der Waals surface area (Å²) in [5, 5.41) is 0. The Kier molecular flexibility index (Phi) is 9.11. The zero-order chi connectivity index (χ0) is 26.0. The molecule has 0 heterocycles. The summed E-state index contributed by atoms with van der Waals surface area (Å²) in [6, 6.07) is 35.8. The lowest BCUT2D eigenvalue weighted by Gasteiger charge is -2.26. The average Bonchev–Trinajstić information content (AvgIpc) is 2.91. The molecule has 0 aliphatic carbocycles. The van der Waals surface area contributed by atoms with Crippen LogP contribution in [0.5, 0.6) is 23.0 Å². The fourth-order valence-corrected chi connectivity index (χ4v) is 6.99. The van der Waals surface area contributed by atoms with Crippen LogP contribution in [0.3, 0.4) is 0 Å². The van der Waals surface area contributed by atoms with E-state index in [0.29, 0.717) is 35.8 Å². The molecule has 0 saturated heterocycles. The normalized spacial score (nSPS) is 12.4. The lowest BCUT2D eigenvalue weighted by atomic mass is 10.3. The molecule has 0 aromatic heterocycles. The van der Waals surface area contributed by atoms with E-state index in [1.165, 1.54) is 0 Å². The first-order chi connectivity index (χ1) is 17.9. The summed E-state index contributed by atoms with van der Waals surface area (Å²) in [6.07, 6.45) is 0.952. The van der Waals surface area contributed by atoms with Gasteiger partial charge in [-0.3, -0.25) is 0 Å². The summed E-state index contributed by atoms with van der Waals surface area (Å²) in [7, 11) is -7.22. The molecular formula is C29H30O6P2. The summed E-state index contributed by atoms with van der Waals surface area (Å²) in [5.74, 6) is 1.83. The fourth-order valence-electron chi connectivity index (χ4n) is 3.59. The van der Waals surface area contributed by atoms with Gasteiger partial charge in [0.15, 0.2) is 0 Å². The van der Waals surface area contributed by atoms with Crippen molar-refractivity contribution in [3.8, 4) is 23.0 Å². The standard InChI is InChI=1S/C29H30O6P2/c1-25(37(31,34-28-20-10-4-11-21-28)35-29-22-12-5-13-23-29)15-14-24-36(30,32-26-16-6-2-7-17-26)33-27-18-8-3-9-19-27/h2-13,16-23,25H,14-15,24H2,1H3. The lowest BCUT2D eigenvalue weighted by Crippen LogP contribution is -2.15. The largest absolute Gasteiger partial charge is 0.433 e. The Labute approximate surface area is 218 Å². The van der Waals surface area contributed by atoms with Gasteiger partial charge < -0.3 is 18.1 Å². The molecule has 4 rings (SSSR count). The van der Waals surface area contributed by atoms with Crippen LogP contribution in [0.2, 0.25) is 0 Å². The second-order valence-corrected chi connectivity index (χ2v) is 12.8. The van der Waals surface area contributed by atoms with Crippen molar-refractivity contribution < 1.29 is 27.2 Å². The molecule has 37 heavy (non-hydrogen) atoms. The number of hydrogen-bond acceptors (Lipinski definition) is 6. The Morgan fingerprint density at radius 2 is 0.865 bits per heavy atom. The van der Waals surface area contributed by atoms with Gasteiger partial charge in [0.05, 0.1) is 11.8 Å². The van der Waals surface area contributed by atoms with Crippen LogP contribution >= 0.6 is 15.2 Å². The topological polar surface area (TPSA) is 71.1 Å². The molecule has 1 atom stereocenters. The van der Waals surface area contributed by atoms with Crippen molar-refractivity contribution in [2.24, 2.45) is 0 Å². The van der Waals surface area contributed by atoms with Gasteiger partial charge in [0.2, 0.25) is 0 Å². The van der Waals surface area contributed by atoms with E-state index in [-0.39, 0.29) is 6.16 Å². The van der Waals surface area contributed by atoms with Gasteiger partial charge in [0.25, 0.3) is 0 Å². The van der Waals surface area contributed by atoms with E-state index >= 15 is 0 Å². The number of benzene rings is 4. The van der Waals surface area contributed by atoms with Crippen LogP contribution in [-0.2, 0) is 9.13 Å². The summed E-state index contributed by atoms with van der Waals surface area (Å²) >= 11 is 0. The molecule has 0 radical (unpaired) electrons. The molecule has 0 aliphatic heterocycles. The molecule has 0 spiro atoms. The van der Waals surface area contributed by atoms with E-state index in [9.17, 15) is 9.13 Å². The van der Waals surface area contributed by atoms with E-state index in [1.807, 2.05) is 79.7 Å². The number of hydrogen-bond donors (Lipinski definition) is 0. The first-order valence-corrected chi connectivity index (χ1v) is 15.5. The first-order valence-electron chi connectivity index (χ1n) is 12.1. The van der Waals surface area contributed by atoms with Crippen molar-refractivity contribution in [1.29, 1.82) is 0 Å². The molecule has 6 nitrogen and oxygen atoms in total. The minimum absolute atomic E-state index is 0.123. The Bertz CT molecular complexity index is 1230. The van der Waals surface area contributed by atoms with Crippen molar-refractivity contribution >= 4 is 15.2 Å². The smallest absolute Gasteiger partial charge is 0.416 e. The van der Waals surface area contributed by atoms with Gasteiger partial charge in [0, 0.05) is 0 Å². The summed E-state index contributed by atoms with van der Waals surface area (Å²) in [5.41, 5.74) is -0.491. The minimum Gasteiger partial charge on any atom is -0.416 e. The molecule has 8 heteroatoms. The molecule has 0 aliphatic rings. The van der Waals surface area contributed by atoms with Crippen molar-refractivity contribution in [1.82, 2.24) is 0 Å². The van der Waals surface area contributed by atoms with Gasteiger partial charge in [-0.25, -0.2) is 9.13 Å². The van der Waals surface area contributed by atoms with Gasteiger partial charge in [-0.2, -0.15) is 0 Å². The van der Waals surface area contributed by atoms with Crippen LogP contribution in [0.1, 0.15) is 19.8 Å². The van der Waals surface area contributed by atoms with Crippen LogP contribution in [0.25, 0.3) is 0 Å². The van der Waals surface area contributed by atoms with Crippen LogP contribution in [0.4, 0.5) is 0 Å². The monoisotopic (exact) mass is 536 g/mol. The van der Waals surface area contributed by atoms with Crippen LogP contribution in [-0.4, -0.2) is 11.8 Å². The lowest BCUT2D eigenvalue weighted by molar-refractivity contribution is 0.366. The molecule has 0 fully saturated rings. The van der Waals surface area contributed by atoms with Gasteiger partial charge in [0.1, 0.15) is 23.0 Å². The highest BCUT2D eigenvalue weighted by Gasteiger charge is 2.37. The highest BCUT2D eigenvalue weighted by molar-refractivity contribution is 7.55. The maximum atomic E-state index is 14.0. The average molecular weight is 537 g/mol. The maximum absolute atomic E-state index is 14.0. The van der Waals surface area contributed by atoms with E-state index in [4.69, 9.17) is 18.1 Å². The molecule has 0 bridgehead atoms. The van der Waals surface area contributed by atoms with Crippen LogP contribution < -0.4 is 18.1 Å². The number of para-hydroxylation sites is 4. The molecule has 1 unspecified atom stereocenters. The number of rotatable bonds is 13. The van der Waals surface area contributed by atoms with Gasteiger partial charge in [-0.05, 0) is 68.3 Å². The predicted molar refractivity (Wildman–Crippen MR) is 147 cm³/mol. The highest BCUT2D eigenvalue weighted by Crippen LogP contribution is 2.55. The first kappa shape index (κ1) is 26.6. The Morgan fingerprint density at radius 1 is 0.541 bits per heavy atom. The third kappa shape index (κ3) is 8.01. The van der Waals surface area contributed by atoms with Crippen molar-refractivity contribution in [2.45, 2.75) is 25.4 Å². The molecule has 0 amide bonds. The molecule has 0 N–H and O–H groups in total. The van der Waals surface area contributed by atoms with Gasteiger partial charge in [-0.1, -0.05) is 72.8 Å². The fraction of sp³-hybridized carbons (Fsp3) is 0.172. The zero-order valence-electron chi connectivity index (χ0n) is 20.6. The Balaban J connectivity index is 1.48. The van der Waals surface area contributed by atoms with Crippen molar-refractivity contribution in [3.05, 3.63) is 121 Å². The minimum atomic E-state index is -3.64. The molecule has 0 saturated carbocycles. The molecule has 4 aromatic carbocycles. The molecule has 4 aromatic rings. The Morgan fingerprint density at radius 3 is 1.22 bits per heavy atom. The Hall–Kier alpha value is -3.46. The van der Waals surface area contributed by atoms with Crippen molar-refractivity contribution in [2.75, 3.05) is 6.16 Å². The van der Waals surface area contributed by atoms with Crippen LogP contribution in [0, 0.1) is 0 Å². The molecular weight excluding hydrogens is 506 g/mol. The second-order valence-electron chi connectivity index (χ2n) is 8.48. The third-order valence-corrected chi connectivity index (χ3v) is 9.63. The van der Waals surface area contributed by atoms with E-state index in [1.54, 1.807) is 48.5 Å². The quantitative estimate of drug-likeness (QED) is 0.159. The second kappa shape index (κ2) is 12.7. The van der Waals surface area contributed by atoms with E-state index < -0.39 is 20.9 Å². The summed E-state index contributed by atoms with van der Waals surface area (Å²) in [6.45, 7) is 1.81.